The van der Waals surface area contributed by atoms with Crippen molar-refractivity contribution < 1.29 is 4.52 Å². The maximum absolute atomic E-state index is 5.41. The molecule has 98 valence electrons. The maximum Gasteiger partial charge on any atom is 0.229 e. The van der Waals surface area contributed by atoms with Crippen molar-refractivity contribution in [2.45, 2.75) is 44.6 Å². The highest BCUT2D eigenvalue weighted by atomic mass is 32.1. The fourth-order valence-corrected chi connectivity index (χ4v) is 2.65. The zero-order valence-corrected chi connectivity index (χ0v) is 11.4. The Labute approximate surface area is 112 Å². The summed E-state index contributed by atoms with van der Waals surface area (Å²) in [6, 6.07) is 0.633. The van der Waals surface area contributed by atoms with Crippen LogP contribution in [-0.4, -0.2) is 39.3 Å². The molecule has 1 N–H and O–H groups in total. The average molecular weight is 266 g/mol. The van der Waals surface area contributed by atoms with E-state index in [1.165, 1.54) is 12.8 Å². The number of piperidine rings is 1. The highest BCUT2D eigenvalue weighted by Crippen LogP contribution is 2.27. The van der Waals surface area contributed by atoms with E-state index < -0.39 is 0 Å². The summed E-state index contributed by atoms with van der Waals surface area (Å²) in [4.78, 5) is 6.58. The molecule has 6 heteroatoms. The summed E-state index contributed by atoms with van der Waals surface area (Å²) < 4.78 is 5.25. The zero-order chi connectivity index (χ0) is 12.5. The number of aromatic nitrogens is 2. The van der Waals surface area contributed by atoms with E-state index in [1.807, 2.05) is 6.92 Å². The molecule has 5 nitrogen and oxygen atoms in total. The van der Waals surface area contributed by atoms with Crippen LogP contribution in [0.1, 0.15) is 43.3 Å². The van der Waals surface area contributed by atoms with Crippen LogP contribution in [0, 0.1) is 6.92 Å². The number of thiocarbonyl (C=S) groups is 1. The van der Waals surface area contributed by atoms with Crippen molar-refractivity contribution in [2.24, 2.45) is 0 Å². The topological polar surface area (TPSA) is 54.2 Å². The van der Waals surface area contributed by atoms with Gasteiger partial charge in [0.15, 0.2) is 10.9 Å². The summed E-state index contributed by atoms with van der Waals surface area (Å²) in [5, 5.41) is 8.16. The van der Waals surface area contributed by atoms with Gasteiger partial charge in [0.1, 0.15) is 0 Å². The Bertz CT molecular complexity index is 435. The minimum absolute atomic E-state index is 0.395. The van der Waals surface area contributed by atoms with Crippen LogP contribution in [-0.2, 0) is 0 Å². The first kappa shape index (κ1) is 11.9. The molecule has 3 rings (SSSR count). The maximum atomic E-state index is 5.41. The first-order valence-electron chi connectivity index (χ1n) is 6.58. The second-order valence-electron chi connectivity index (χ2n) is 5.16. The molecular formula is C12H18N4OS. The van der Waals surface area contributed by atoms with E-state index in [1.54, 1.807) is 0 Å². The molecule has 0 unspecified atom stereocenters. The number of likely N-dealkylation sites (tertiary alicyclic amines) is 1. The Morgan fingerprint density at radius 2 is 2.06 bits per heavy atom. The monoisotopic (exact) mass is 266 g/mol. The standard InChI is InChI=1S/C12H18N4OS/c1-8-13-11(17-15-8)9-4-6-16(7-5-9)12(18)14-10-2-3-10/h9-10H,2-7H2,1H3,(H,14,18). The molecule has 0 radical (unpaired) electrons. The van der Waals surface area contributed by atoms with Crippen LogP contribution in [0.3, 0.4) is 0 Å². The predicted molar refractivity (Wildman–Crippen MR) is 71.3 cm³/mol. The summed E-state index contributed by atoms with van der Waals surface area (Å²) in [6.07, 6.45) is 4.60. The molecule has 1 aromatic rings. The summed E-state index contributed by atoms with van der Waals surface area (Å²) in [5.41, 5.74) is 0. The van der Waals surface area contributed by atoms with Gasteiger partial charge in [0.25, 0.3) is 0 Å². The number of nitrogens with one attached hydrogen (secondary N) is 1. The average Bonchev–Trinajstić information content (AvgIpc) is 3.09. The van der Waals surface area contributed by atoms with Gasteiger partial charge in [-0.3, -0.25) is 0 Å². The third-order valence-corrected chi connectivity index (χ3v) is 3.96. The molecule has 1 aromatic heterocycles. The molecule has 18 heavy (non-hydrogen) atoms. The molecule has 0 spiro atoms. The highest BCUT2D eigenvalue weighted by Gasteiger charge is 2.28. The quantitative estimate of drug-likeness (QED) is 0.821. The van der Waals surface area contributed by atoms with Crippen LogP contribution in [0.4, 0.5) is 0 Å². The number of aryl methyl sites for hydroxylation is 1. The van der Waals surface area contributed by atoms with E-state index >= 15 is 0 Å². The SMILES string of the molecule is Cc1noc(C2CCN(C(=S)NC3CC3)CC2)n1. The smallest absolute Gasteiger partial charge is 0.229 e. The molecule has 0 amide bonds. The molecular weight excluding hydrogens is 248 g/mol. The summed E-state index contributed by atoms with van der Waals surface area (Å²) in [6.45, 7) is 3.81. The van der Waals surface area contributed by atoms with E-state index in [0.29, 0.717) is 12.0 Å². The van der Waals surface area contributed by atoms with Crippen molar-refractivity contribution in [3.05, 3.63) is 11.7 Å². The van der Waals surface area contributed by atoms with Crippen LogP contribution in [0.15, 0.2) is 4.52 Å². The van der Waals surface area contributed by atoms with E-state index in [0.717, 1.165) is 42.8 Å². The van der Waals surface area contributed by atoms with Crippen LogP contribution in [0.25, 0.3) is 0 Å². The molecule has 1 aliphatic heterocycles. The van der Waals surface area contributed by atoms with Crippen molar-refractivity contribution in [3.8, 4) is 0 Å². The Hall–Kier alpha value is -1.17. The minimum Gasteiger partial charge on any atom is -0.360 e. The number of rotatable bonds is 2. The fraction of sp³-hybridized carbons (Fsp3) is 0.750. The first-order valence-corrected chi connectivity index (χ1v) is 6.99. The lowest BCUT2D eigenvalue weighted by Gasteiger charge is -2.32. The lowest BCUT2D eigenvalue weighted by atomic mass is 9.97. The van der Waals surface area contributed by atoms with E-state index in [2.05, 4.69) is 20.4 Å². The molecule has 0 bridgehead atoms. The molecule has 2 heterocycles. The van der Waals surface area contributed by atoms with Crippen molar-refractivity contribution in [1.82, 2.24) is 20.4 Å². The van der Waals surface area contributed by atoms with Crippen molar-refractivity contribution in [3.63, 3.8) is 0 Å². The van der Waals surface area contributed by atoms with Gasteiger partial charge in [-0.25, -0.2) is 0 Å². The zero-order valence-electron chi connectivity index (χ0n) is 10.6. The van der Waals surface area contributed by atoms with Crippen LogP contribution in [0.5, 0.6) is 0 Å². The van der Waals surface area contributed by atoms with Crippen molar-refractivity contribution in [1.29, 1.82) is 0 Å². The van der Waals surface area contributed by atoms with Crippen LogP contribution >= 0.6 is 12.2 Å². The van der Waals surface area contributed by atoms with E-state index in [-0.39, 0.29) is 0 Å². The van der Waals surface area contributed by atoms with E-state index in [4.69, 9.17) is 16.7 Å². The van der Waals surface area contributed by atoms with Crippen LogP contribution in [0.2, 0.25) is 0 Å². The van der Waals surface area contributed by atoms with E-state index in [9.17, 15) is 0 Å². The molecule has 1 aliphatic carbocycles. The molecule has 0 aromatic carbocycles. The third-order valence-electron chi connectivity index (χ3n) is 3.58. The van der Waals surface area contributed by atoms with Gasteiger partial charge in [0.2, 0.25) is 5.89 Å². The first-order chi connectivity index (χ1) is 8.72. The lowest BCUT2D eigenvalue weighted by Crippen LogP contribution is -2.44. The van der Waals surface area contributed by atoms with Gasteiger partial charge in [-0.15, -0.1) is 0 Å². The van der Waals surface area contributed by atoms with Gasteiger partial charge in [0.05, 0.1) is 0 Å². The third kappa shape index (κ3) is 2.63. The van der Waals surface area contributed by atoms with Gasteiger partial charge < -0.3 is 14.7 Å². The summed E-state index contributed by atoms with van der Waals surface area (Å²) >= 11 is 5.41. The number of hydrogen-bond donors (Lipinski definition) is 1. The summed E-state index contributed by atoms with van der Waals surface area (Å²) in [7, 11) is 0. The van der Waals surface area contributed by atoms with Gasteiger partial charge >= 0.3 is 0 Å². The predicted octanol–water partition coefficient (Wildman–Crippen LogP) is 1.59. The fourth-order valence-electron chi connectivity index (χ4n) is 2.30. The molecule has 2 aliphatic rings. The van der Waals surface area contributed by atoms with Gasteiger partial charge in [-0.1, -0.05) is 5.16 Å². The van der Waals surface area contributed by atoms with Crippen molar-refractivity contribution in [2.75, 3.05) is 13.1 Å². The normalized spacial score (nSPS) is 21.1. The van der Waals surface area contributed by atoms with Crippen LogP contribution < -0.4 is 5.32 Å². The highest BCUT2D eigenvalue weighted by molar-refractivity contribution is 7.80. The molecule has 0 atom stereocenters. The Morgan fingerprint density at radius 1 is 1.33 bits per heavy atom. The Balaban J connectivity index is 1.52. The second-order valence-corrected chi connectivity index (χ2v) is 5.55. The van der Waals surface area contributed by atoms with Gasteiger partial charge in [0, 0.05) is 25.0 Å². The van der Waals surface area contributed by atoms with Gasteiger partial charge in [-0.2, -0.15) is 4.98 Å². The largest absolute Gasteiger partial charge is 0.360 e. The van der Waals surface area contributed by atoms with Crippen molar-refractivity contribution >= 4 is 17.3 Å². The Morgan fingerprint density at radius 3 is 2.61 bits per heavy atom. The second kappa shape index (κ2) is 4.84. The molecule has 1 saturated carbocycles. The minimum atomic E-state index is 0.395. The van der Waals surface area contributed by atoms with Gasteiger partial charge in [-0.05, 0) is 44.8 Å². The molecule has 1 saturated heterocycles. The number of hydrogen-bond acceptors (Lipinski definition) is 4. The molecule has 2 fully saturated rings. The number of nitrogens with zero attached hydrogens (tertiary/aromatic N) is 3. The lowest BCUT2D eigenvalue weighted by molar-refractivity contribution is 0.263. The Kier molecular flexibility index (Phi) is 3.20. The summed E-state index contributed by atoms with van der Waals surface area (Å²) in [5.74, 6) is 1.90.